The smallest absolute Gasteiger partial charge is 0.319 e. The first kappa shape index (κ1) is 16.4. The summed E-state index contributed by atoms with van der Waals surface area (Å²) in [6.07, 6.45) is 0.774. The zero-order valence-electron chi connectivity index (χ0n) is 12.9. The summed E-state index contributed by atoms with van der Waals surface area (Å²) < 4.78 is 0. The first-order valence-electron chi connectivity index (χ1n) is 7.44. The van der Waals surface area contributed by atoms with Gasteiger partial charge in [-0.3, -0.25) is 0 Å². The lowest BCUT2D eigenvalue weighted by Crippen LogP contribution is -2.30. The van der Waals surface area contributed by atoms with Crippen LogP contribution in [0.4, 0.5) is 10.5 Å². The average Bonchev–Trinajstić information content (AvgIpc) is 2.49. The fourth-order valence-corrected chi connectivity index (χ4v) is 2.38. The van der Waals surface area contributed by atoms with Crippen LogP contribution in [0.1, 0.15) is 30.9 Å². The van der Waals surface area contributed by atoms with Gasteiger partial charge in [-0.2, -0.15) is 0 Å². The molecule has 0 bridgehead atoms. The molecule has 0 unspecified atom stereocenters. The number of halogens is 1. The van der Waals surface area contributed by atoms with Crippen molar-refractivity contribution in [3.8, 4) is 0 Å². The predicted molar refractivity (Wildman–Crippen MR) is 92.7 cm³/mol. The van der Waals surface area contributed by atoms with E-state index in [4.69, 9.17) is 11.6 Å². The van der Waals surface area contributed by atoms with E-state index in [1.54, 1.807) is 0 Å². The van der Waals surface area contributed by atoms with Gasteiger partial charge < -0.3 is 10.6 Å². The van der Waals surface area contributed by atoms with Crippen LogP contribution in [-0.4, -0.2) is 12.6 Å². The normalized spacial score (nSPS) is 10.5. The molecular weight excluding hydrogens is 296 g/mol. The van der Waals surface area contributed by atoms with Crippen molar-refractivity contribution in [3.63, 3.8) is 0 Å². The van der Waals surface area contributed by atoms with E-state index >= 15 is 0 Å². The van der Waals surface area contributed by atoms with Crippen LogP contribution in [0.25, 0.3) is 0 Å². The average molecular weight is 317 g/mol. The Kier molecular flexibility index (Phi) is 5.84. The van der Waals surface area contributed by atoms with Gasteiger partial charge in [-0.25, -0.2) is 4.79 Å². The highest BCUT2D eigenvalue weighted by atomic mass is 35.5. The molecule has 22 heavy (non-hydrogen) atoms. The van der Waals surface area contributed by atoms with Gasteiger partial charge in [0, 0.05) is 17.3 Å². The molecule has 2 amide bonds. The fourth-order valence-electron chi connectivity index (χ4n) is 2.25. The quantitative estimate of drug-likeness (QED) is 0.815. The number of hydrogen-bond acceptors (Lipinski definition) is 1. The van der Waals surface area contributed by atoms with E-state index in [0.717, 1.165) is 28.3 Å². The van der Waals surface area contributed by atoms with Gasteiger partial charge in [-0.15, -0.1) is 0 Å². The molecule has 0 aromatic heterocycles. The molecule has 2 rings (SSSR count). The Morgan fingerprint density at radius 2 is 1.77 bits per heavy atom. The molecule has 2 aromatic carbocycles. The lowest BCUT2D eigenvalue weighted by Gasteiger charge is -2.14. The molecule has 0 aliphatic rings. The number of carbonyl (C=O) groups is 1. The Bertz CT molecular complexity index is 623. The van der Waals surface area contributed by atoms with Crippen LogP contribution in [0, 0.1) is 0 Å². The number of carbonyl (C=O) groups excluding carboxylic acids is 1. The van der Waals surface area contributed by atoms with E-state index < -0.39 is 0 Å². The molecule has 4 heteroatoms. The highest BCUT2D eigenvalue weighted by Crippen LogP contribution is 2.23. The van der Waals surface area contributed by atoms with Crippen LogP contribution in [0.3, 0.4) is 0 Å². The van der Waals surface area contributed by atoms with Crippen molar-refractivity contribution in [1.29, 1.82) is 0 Å². The summed E-state index contributed by atoms with van der Waals surface area (Å²) in [5.41, 5.74) is 3.14. The lowest BCUT2D eigenvalue weighted by atomic mass is 10.0. The number of rotatable bonds is 5. The van der Waals surface area contributed by atoms with Crippen molar-refractivity contribution < 1.29 is 4.79 Å². The largest absolute Gasteiger partial charge is 0.338 e. The van der Waals surface area contributed by atoms with Gasteiger partial charge >= 0.3 is 6.03 Å². The van der Waals surface area contributed by atoms with Crippen molar-refractivity contribution in [2.75, 3.05) is 11.9 Å². The van der Waals surface area contributed by atoms with E-state index in [0.29, 0.717) is 12.5 Å². The molecule has 0 aliphatic carbocycles. The monoisotopic (exact) mass is 316 g/mol. The number of amides is 2. The Hall–Kier alpha value is -2.00. The van der Waals surface area contributed by atoms with Crippen molar-refractivity contribution in [2.24, 2.45) is 0 Å². The van der Waals surface area contributed by atoms with Crippen LogP contribution in [-0.2, 0) is 6.42 Å². The Morgan fingerprint density at radius 3 is 2.45 bits per heavy atom. The maximum Gasteiger partial charge on any atom is 0.319 e. The first-order valence-corrected chi connectivity index (χ1v) is 7.82. The molecule has 0 saturated heterocycles. The molecule has 0 aliphatic heterocycles. The zero-order chi connectivity index (χ0) is 15.9. The third-order valence-electron chi connectivity index (χ3n) is 3.44. The summed E-state index contributed by atoms with van der Waals surface area (Å²) >= 11 is 5.85. The van der Waals surface area contributed by atoms with Crippen molar-refractivity contribution >= 4 is 23.3 Å². The minimum Gasteiger partial charge on any atom is -0.338 e. The summed E-state index contributed by atoms with van der Waals surface area (Å²) in [6, 6.07) is 15.3. The van der Waals surface area contributed by atoms with E-state index in [9.17, 15) is 4.79 Å². The van der Waals surface area contributed by atoms with Gasteiger partial charge in [0.05, 0.1) is 0 Å². The summed E-state index contributed by atoms with van der Waals surface area (Å²) in [7, 11) is 0. The van der Waals surface area contributed by atoms with E-state index in [1.807, 2.05) is 48.5 Å². The fraction of sp³-hybridized carbons (Fsp3) is 0.278. The third-order valence-corrected chi connectivity index (χ3v) is 3.70. The van der Waals surface area contributed by atoms with Crippen LogP contribution in [0.2, 0.25) is 5.02 Å². The SMILES string of the molecule is CC(C)c1ccccc1NC(=O)NCCc1ccc(Cl)cc1. The number of anilines is 1. The van der Waals surface area contributed by atoms with E-state index in [-0.39, 0.29) is 6.03 Å². The van der Waals surface area contributed by atoms with Gasteiger partial charge in [0.15, 0.2) is 0 Å². The van der Waals surface area contributed by atoms with E-state index in [2.05, 4.69) is 24.5 Å². The molecule has 3 nitrogen and oxygen atoms in total. The number of urea groups is 1. The molecular formula is C18H21ClN2O. The van der Waals surface area contributed by atoms with Gasteiger partial charge in [0.1, 0.15) is 0 Å². The van der Waals surface area contributed by atoms with Gasteiger partial charge in [-0.05, 0) is 41.7 Å². The number of hydrogen-bond donors (Lipinski definition) is 2. The van der Waals surface area contributed by atoms with Crippen molar-refractivity contribution in [2.45, 2.75) is 26.2 Å². The minimum atomic E-state index is -0.179. The zero-order valence-corrected chi connectivity index (χ0v) is 13.7. The Balaban J connectivity index is 1.84. The summed E-state index contributed by atoms with van der Waals surface area (Å²) in [4.78, 5) is 12.0. The number of nitrogens with one attached hydrogen (secondary N) is 2. The molecule has 2 aromatic rings. The molecule has 2 N–H and O–H groups in total. The maximum absolute atomic E-state index is 12.0. The highest BCUT2D eigenvalue weighted by molar-refractivity contribution is 6.30. The van der Waals surface area contributed by atoms with Gasteiger partial charge in [-0.1, -0.05) is 55.8 Å². The summed E-state index contributed by atoms with van der Waals surface area (Å²) in [5.74, 6) is 0.366. The number of benzene rings is 2. The van der Waals surface area contributed by atoms with Crippen molar-refractivity contribution in [1.82, 2.24) is 5.32 Å². The molecule has 0 fully saturated rings. The third kappa shape index (κ3) is 4.78. The maximum atomic E-state index is 12.0. The van der Waals surface area contributed by atoms with Crippen LogP contribution >= 0.6 is 11.6 Å². The van der Waals surface area contributed by atoms with Gasteiger partial charge in [0.25, 0.3) is 0 Å². The first-order chi connectivity index (χ1) is 10.6. The standard InChI is InChI=1S/C18H21ClN2O/c1-13(2)16-5-3-4-6-17(16)21-18(22)20-12-11-14-7-9-15(19)10-8-14/h3-10,13H,11-12H2,1-2H3,(H2,20,21,22). The lowest BCUT2D eigenvalue weighted by molar-refractivity contribution is 0.252. The van der Waals surface area contributed by atoms with E-state index in [1.165, 1.54) is 0 Å². The molecule has 0 radical (unpaired) electrons. The second kappa shape index (κ2) is 7.85. The van der Waals surface area contributed by atoms with Crippen LogP contribution in [0.5, 0.6) is 0 Å². The molecule has 0 atom stereocenters. The summed E-state index contributed by atoms with van der Waals surface area (Å²) in [5, 5.41) is 6.52. The van der Waals surface area contributed by atoms with Gasteiger partial charge in [0.2, 0.25) is 0 Å². The number of para-hydroxylation sites is 1. The Morgan fingerprint density at radius 1 is 1.09 bits per heavy atom. The summed E-state index contributed by atoms with van der Waals surface area (Å²) in [6.45, 7) is 4.80. The topological polar surface area (TPSA) is 41.1 Å². The molecule has 0 heterocycles. The van der Waals surface area contributed by atoms with Crippen LogP contribution in [0.15, 0.2) is 48.5 Å². The molecule has 116 valence electrons. The molecule has 0 saturated carbocycles. The minimum absolute atomic E-state index is 0.179. The molecule has 0 spiro atoms. The predicted octanol–water partition coefficient (Wildman–Crippen LogP) is 4.83. The highest BCUT2D eigenvalue weighted by Gasteiger charge is 2.08. The second-order valence-corrected chi connectivity index (χ2v) is 5.94. The second-order valence-electron chi connectivity index (χ2n) is 5.50. The van der Waals surface area contributed by atoms with Crippen LogP contribution < -0.4 is 10.6 Å². The Labute approximate surface area is 136 Å². The van der Waals surface area contributed by atoms with Crippen molar-refractivity contribution in [3.05, 3.63) is 64.7 Å².